The fourth-order valence-electron chi connectivity index (χ4n) is 2.49. The van der Waals surface area contributed by atoms with Gasteiger partial charge in [0.15, 0.2) is 11.5 Å². The minimum atomic E-state index is -2.76. The Hall–Kier alpha value is -3.96. The van der Waals surface area contributed by atoms with Gasteiger partial charge in [0.1, 0.15) is 11.9 Å². The number of nitrogens with two attached hydrogens (primary N) is 2. The third-order valence-electron chi connectivity index (χ3n) is 3.80. The molecule has 3 rings (SSSR count). The highest BCUT2D eigenvalue weighted by atomic mass is 19.3. The monoisotopic (exact) mass is 402 g/mol. The molecule has 0 aliphatic carbocycles. The molecule has 0 bridgehead atoms. The van der Waals surface area contributed by atoms with E-state index >= 15 is 0 Å². The van der Waals surface area contributed by atoms with E-state index in [4.69, 9.17) is 11.5 Å². The number of nitrogens with one attached hydrogen (secondary N) is 2. The molecule has 3 heterocycles. The molecular formula is C17H16F2N8O2. The van der Waals surface area contributed by atoms with Crippen LogP contribution in [0.15, 0.2) is 36.8 Å². The molecule has 150 valence electrons. The van der Waals surface area contributed by atoms with Gasteiger partial charge in [-0.2, -0.15) is 0 Å². The van der Waals surface area contributed by atoms with E-state index in [1.807, 2.05) is 0 Å². The molecular weight excluding hydrogens is 386 g/mol. The molecule has 0 spiro atoms. The van der Waals surface area contributed by atoms with Crippen LogP contribution in [0.2, 0.25) is 0 Å². The second-order valence-electron chi connectivity index (χ2n) is 5.93. The summed E-state index contributed by atoms with van der Waals surface area (Å²) >= 11 is 0. The first-order chi connectivity index (χ1) is 13.8. The van der Waals surface area contributed by atoms with Crippen molar-refractivity contribution in [3.63, 3.8) is 0 Å². The number of alkyl halides is 2. The number of nitrogens with zero attached hydrogens (tertiary/aromatic N) is 4. The topological polar surface area (TPSA) is 162 Å². The smallest absolute Gasteiger partial charge is 0.271 e. The molecule has 0 fully saturated rings. The summed E-state index contributed by atoms with van der Waals surface area (Å²) in [5.74, 6) is -1.95. The van der Waals surface area contributed by atoms with Crippen LogP contribution in [-0.2, 0) is 4.79 Å². The van der Waals surface area contributed by atoms with Crippen LogP contribution in [0.1, 0.15) is 16.9 Å². The van der Waals surface area contributed by atoms with Crippen molar-refractivity contribution in [1.82, 2.24) is 19.9 Å². The second kappa shape index (κ2) is 8.37. The van der Waals surface area contributed by atoms with Gasteiger partial charge in [-0.05, 0) is 18.2 Å². The maximum absolute atomic E-state index is 12.6. The molecule has 0 saturated heterocycles. The molecule has 2 amide bonds. The van der Waals surface area contributed by atoms with Crippen molar-refractivity contribution in [2.45, 2.75) is 18.9 Å². The van der Waals surface area contributed by atoms with Crippen molar-refractivity contribution < 1.29 is 18.4 Å². The summed E-state index contributed by atoms with van der Waals surface area (Å²) in [6.45, 7) is 0. The van der Waals surface area contributed by atoms with Crippen molar-refractivity contribution >= 4 is 40.2 Å². The lowest BCUT2D eigenvalue weighted by Crippen LogP contribution is -2.37. The number of hydrogen-bond donors (Lipinski definition) is 4. The number of fused-ring (bicyclic) bond motifs is 1. The zero-order valence-corrected chi connectivity index (χ0v) is 14.8. The highest BCUT2D eigenvalue weighted by Crippen LogP contribution is 2.22. The first kappa shape index (κ1) is 19.8. The summed E-state index contributed by atoms with van der Waals surface area (Å²) in [4.78, 5) is 39.5. The Bertz CT molecular complexity index is 1060. The van der Waals surface area contributed by atoms with Gasteiger partial charge in [0.2, 0.25) is 12.3 Å². The maximum Gasteiger partial charge on any atom is 0.271 e. The molecule has 0 aliphatic rings. The lowest BCUT2D eigenvalue weighted by molar-refractivity contribution is -0.119. The van der Waals surface area contributed by atoms with Crippen LogP contribution in [0.5, 0.6) is 0 Å². The molecule has 29 heavy (non-hydrogen) atoms. The van der Waals surface area contributed by atoms with Crippen LogP contribution in [-0.4, -0.2) is 44.2 Å². The number of primary amides is 2. The van der Waals surface area contributed by atoms with E-state index in [1.54, 1.807) is 24.4 Å². The van der Waals surface area contributed by atoms with Crippen LogP contribution in [0, 0.1) is 0 Å². The van der Waals surface area contributed by atoms with Crippen LogP contribution < -0.4 is 22.1 Å². The standard InChI is InChI=1S/C17H16F2N8O2/c18-12(19)5-11(15(20)28)26-13-7-24-14(16(21)29)17(27-13)25-8-4-10-9(23-6-8)2-1-3-22-10/h1-4,6-7,11-12H,5H2,(H2,20,28)(H2,21,29)(H2,25,26,27). The molecule has 1 atom stereocenters. The highest BCUT2D eigenvalue weighted by molar-refractivity contribution is 5.96. The largest absolute Gasteiger partial charge is 0.368 e. The molecule has 10 nitrogen and oxygen atoms in total. The number of pyridine rings is 2. The predicted octanol–water partition coefficient (Wildman–Crippen LogP) is 1.18. The van der Waals surface area contributed by atoms with Crippen LogP contribution >= 0.6 is 0 Å². The van der Waals surface area contributed by atoms with Gasteiger partial charge in [0, 0.05) is 12.6 Å². The Morgan fingerprint density at radius 3 is 2.59 bits per heavy atom. The Labute approximate surface area is 162 Å². The minimum Gasteiger partial charge on any atom is -0.368 e. The molecule has 6 N–H and O–H groups in total. The number of hydrogen-bond acceptors (Lipinski definition) is 8. The van der Waals surface area contributed by atoms with Crippen molar-refractivity contribution in [2.24, 2.45) is 11.5 Å². The predicted molar refractivity (Wildman–Crippen MR) is 101 cm³/mol. The Kier molecular flexibility index (Phi) is 5.71. The molecule has 1 unspecified atom stereocenters. The Morgan fingerprint density at radius 2 is 1.90 bits per heavy atom. The fourth-order valence-corrected chi connectivity index (χ4v) is 2.49. The van der Waals surface area contributed by atoms with E-state index in [1.165, 1.54) is 6.20 Å². The summed E-state index contributed by atoms with van der Waals surface area (Å²) < 4.78 is 25.3. The molecule has 0 aromatic carbocycles. The van der Waals surface area contributed by atoms with Crippen LogP contribution in [0.3, 0.4) is 0 Å². The number of anilines is 3. The van der Waals surface area contributed by atoms with E-state index < -0.39 is 30.7 Å². The van der Waals surface area contributed by atoms with Crippen LogP contribution in [0.25, 0.3) is 11.0 Å². The van der Waals surface area contributed by atoms with Gasteiger partial charge < -0.3 is 22.1 Å². The lowest BCUT2D eigenvalue weighted by Gasteiger charge is -2.17. The third-order valence-corrected chi connectivity index (χ3v) is 3.80. The first-order valence-corrected chi connectivity index (χ1v) is 8.32. The van der Waals surface area contributed by atoms with E-state index in [-0.39, 0.29) is 17.3 Å². The summed E-state index contributed by atoms with van der Waals surface area (Å²) in [6.07, 6.45) is 0.607. The number of carbonyl (C=O) groups is 2. The second-order valence-corrected chi connectivity index (χ2v) is 5.93. The number of carbonyl (C=O) groups excluding carboxylic acids is 2. The van der Waals surface area contributed by atoms with Crippen LogP contribution in [0.4, 0.5) is 26.1 Å². The summed E-state index contributed by atoms with van der Waals surface area (Å²) in [7, 11) is 0. The molecule has 0 saturated carbocycles. The third kappa shape index (κ3) is 4.86. The number of amides is 2. The van der Waals surface area contributed by atoms with Gasteiger partial charge in [-0.15, -0.1) is 0 Å². The van der Waals surface area contributed by atoms with Crippen molar-refractivity contribution in [3.05, 3.63) is 42.5 Å². The zero-order chi connectivity index (χ0) is 21.0. The van der Waals surface area contributed by atoms with E-state index in [0.29, 0.717) is 16.7 Å². The van der Waals surface area contributed by atoms with E-state index in [0.717, 1.165) is 6.20 Å². The number of rotatable bonds is 8. The SMILES string of the molecule is NC(=O)c1ncc(NC(CC(F)F)C(N)=O)nc1Nc1cnc2cccnc2c1. The zero-order valence-electron chi connectivity index (χ0n) is 14.8. The van der Waals surface area contributed by atoms with Gasteiger partial charge in [0.25, 0.3) is 5.91 Å². The number of aromatic nitrogens is 4. The lowest BCUT2D eigenvalue weighted by atomic mass is 10.2. The van der Waals surface area contributed by atoms with E-state index in [9.17, 15) is 18.4 Å². The first-order valence-electron chi connectivity index (χ1n) is 8.32. The van der Waals surface area contributed by atoms with Gasteiger partial charge in [-0.3, -0.25) is 19.6 Å². The molecule has 0 aliphatic heterocycles. The summed E-state index contributed by atoms with van der Waals surface area (Å²) in [5, 5.41) is 5.33. The normalized spacial score (nSPS) is 12.0. The fraction of sp³-hybridized carbons (Fsp3) is 0.176. The molecule has 3 aromatic rings. The highest BCUT2D eigenvalue weighted by Gasteiger charge is 2.22. The van der Waals surface area contributed by atoms with Crippen molar-refractivity contribution in [2.75, 3.05) is 10.6 Å². The Balaban J connectivity index is 1.91. The average molecular weight is 402 g/mol. The van der Waals surface area contributed by atoms with Gasteiger partial charge in [0.05, 0.1) is 29.1 Å². The Morgan fingerprint density at radius 1 is 1.10 bits per heavy atom. The van der Waals surface area contributed by atoms with Crippen molar-refractivity contribution in [1.29, 1.82) is 0 Å². The summed E-state index contributed by atoms with van der Waals surface area (Å²) in [6, 6.07) is 3.81. The maximum atomic E-state index is 12.6. The molecule has 0 radical (unpaired) electrons. The molecule has 12 heteroatoms. The van der Waals surface area contributed by atoms with Gasteiger partial charge in [-0.1, -0.05) is 0 Å². The average Bonchev–Trinajstić information content (AvgIpc) is 2.67. The van der Waals surface area contributed by atoms with Gasteiger partial charge in [-0.25, -0.2) is 18.7 Å². The van der Waals surface area contributed by atoms with Gasteiger partial charge >= 0.3 is 0 Å². The quantitative estimate of drug-likeness (QED) is 0.437. The molecule has 3 aromatic heterocycles. The van der Waals surface area contributed by atoms with E-state index in [2.05, 4.69) is 30.6 Å². The minimum absolute atomic E-state index is 0.0474. The number of halogens is 2. The summed E-state index contributed by atoms with van der Waals surface area (Å²) in [5.41, 5.74) is 11.9. The van der Waals surface area contributed by atoms with Crippen molar-refractivity contribution in [3.8, 4) is 0 Å².